The number of hydrogen-bond acceptors (Lipinski definition) is 2. The Kier molecular flexibility index (Phi) is 5.74. The maximum Gasteiger partial charge on any atom is 0.305 e. The Morgan fingerprint density at radius 3 is 2.60 bits per heavy atom. The number of ether oxygens (including phenoxy) is 1. The molecule has 0 amide bonds. The zero-order valence-electron chi connectivity index (χ0n) is 10.1. The van der Waals surface area contributed by atoms with Crippen molar-refractivity contribution < 1.29 is 9.53 Å². The normalized spacial score (nSPS) is 19.9. The summed E-state index contributed by atoms with van der Waals surface area (Å²) in [6, 6.07) is 0. The zero-order chi connectivity index (χ0) is 11.1. The minimum atomic E-state index is -0.0276. The molecule has 0 radical (unpaired) electrons. The summed E-state index contributed by atoms with van der Waals surface area (Å²) in [6.45, 7) is 4.66. The van der Waals surface area contributed by atoms with Gasteiger partial charge in [0.2, 0.25) is 0 Å². The van der Waals surface area contributed by atoms with Crippen LogP contribution in [0.5, 0.6) is 0 Å². The summed E-state index contributed by atoms with van der Waals surface area (Å²) in [4.78, 5) is 11.2. The van der Waals surface area contributed by atoms with Crippen molar-refractivity contribution >= 4 is 5.97 Å². The lowest BCUT2D eigenvalue weighted by atomic mass is 9.79. The Balaban J connectivity index is 2.16. The molecule has 0 aromatic rings. The van der Waals surface area contributed by atoms with Crippen LogP contribution in [0, 0.1) is 11.8 Å². The topological polar surface area (TPSA) is 26.3 Å². The van der Waals surface area contributed by atoms with Gasteiger partial charge in [0.1, 0.15) is 0 Å². The van der Waals surface area contributed by atoms with Crippen LogP contribution in [0.1, 0.15) is 58.8 Å². The van der Waals surface area contributed by atoms with E-state index < -0.39 is 0 Å². The quantitative estimate of drug-likeness (QED) is 0.651. The van der Waals surface area contributed by atoms with Crippen LogP contribution < -0.4 is 0 Å². The smallest absolute Gasteiger partial charge is 0.305 e. The monoisotopic (exact) mass is 212 g/mol. The third-order valence-corrected chi connectivity index (χ3v) is 3.56. The molecule has 0 N–H and O–H groups in total. The van der Waals surface area contributed by atoms with Gasteiger partial charge in [-0.05, 0) is 25.2 Å². The summed E-state index contributed by atoms with van der Waals surface area (Å²) >= 11 is 0. The van der Waals surface area contributed by atoms with Crippen LogP contribution in [-0.4, -0.2) is 12.6 Å². The van der Waals surface area contributed by atoms with Gasteiger partial charge in [-0.1, -0.05) is 39.0 Å². The molecular formula is C13H24O2. The number of carbonyl (C=O) groups is 1. The van der Waals surface area contributed by atoms with Crippen molar-refractivity contribution in [3.63, 3.8) is 0 Å². The highest BCUT2D eigenvalue weighted by Crippen LogP contribution is 2.31. The Hall–Kier alpha value is -0.530. The van der Waals surface area contributed by atoms with Gasteiger partial charge >= 0.3 is 5.97 Å². The fourth-order valence-electron chi connectivity index (χ4n) is 2.52. The first kappa shape index (κ1) is 12.5. The average molecular weight is 212 g/mol. The van der Waals surface area contributed by atoms with Crippen molar-refractivity contribution in [2.75, 3.05) is 6.61 Å². The molecule has 2 nitrogen and oxygen atoms in total. The van der Waals surface area contributed by atoms with Crippen molar-refractivity contribution in [3.8, 4) is 0 Å². The van der Waals surface area contributed by atoms with Gasteiger partial charge in [-0.15, -0.1) is 0 Å². The van der Waals surface area contributed by atoms with Crippen molar-refractivity contribution in [1.82, 2.24) is 0 Å². The van der Waals surface area contributed by atoms with E-state index in [1.54, 1.807) is 0 Å². The number of rotatable bonds is 5. The van der Waals surface area contributed by atoms with Gasteiger partial charge in [0.05, 0.1) is 6.61 Å². The Bertz CT molecular complexity index is 183. The van der Waals surface area contributed by atoms with Gasteiger partial charge in [0.25, 0.3) is 0 Å². The lowest BCUT2D eigenvalue weighted by Gasteiger charge is -2.27. The highest BCUT2D eigenvalue weighted by atomic mass is 16.5. The fraction of sp³-hybridized carbons (Fsp3) is 0.923. The molecule has 0 unspecified atom stereocenters. The summed E-state index contributed by atoms with van der Waals surface area (Å²) < 4.78 is 4.94. The molecule has 15 heavy (non-hydrogen) atoms. The van der Waals surface area contributed by atoms with Crippen LogP contribution in [0.25, 0.3) is 0 Å². The first-order valence-electron chi connectivity index (χ1n) is 6.39. The van der Waals surface area contributed by atoms with E-state index in [0.29, 0.717) is 18.9 Å². The van der Waals surface area contributed by atoms with E-state index in [9.17, 15) is 4.79 Å². The molecule has 0 heterocycles. The predicted octanol–water partition coefficient (Wildman–Crippen LogP) is 3.55. The molecule has 1 aliphatic rings. The summed E-state index contributed by atoms with van der Waals surface area (Å²) in [7, 11) is 0. The first-order valence-corrected chi connectivity index (χ1v) is 6.39. The second-order valence-corrected chi connectivity index (χ2v) is 4.72. The van der Waals surface area contributed by atoms with E-state index >= 15 is 0 Å². The van der Waals surface area contributed by atoms with Crippen LogP contribution in [0.2, 0.25) is 0 Å². The van der Waals surface area contributed by atoms with Crippen LogP contribution in [0.4, 0.5) is 0 Å². The van der Waals surface area contributed by atoms with E-state index in [4.69, 9.17) is 4.74 Å². The number of hydrogen-bond donors (Lipinski definition) is 0. The summed E-state index contributed by atoms with van der Waals surface area (Å²) in [6.07, 6.45) is 8.51. The fourth-order valence-corrected chi connectivity index (χ4v) is 2.52. The molecule has 1 aliphatic carbocycles. The Morgan fingerprint density at radius 1 is 1.33 bits per heavy atom. The van der Waals surface area contributed by atoms with Crippen molar-refractivity contribution in [3.05, 3.63) is 0 Å². The Labute approximate surface area is 93.4 Å². The maximum absolute atomic E-state index is 11.2. The van der Waals surface area contributed by atoms with Crippen molar-refractivity contribution in [1.29, 1.82) is 0 Å². The standard InChI is InChI=1S/C13H24O2/c1-3-15-13(14)10-9-11(2)12-7-5-4-6-8-12/h11-12H,3-10H2,1-2H3/t11-/m0/s1. The lowest BCUT2D eigenvalue weighted by molar-refractivity contribution is -0.143. The van der Waals surface area contributed by atoms with Crippen LogP contribution in [0.3, 0.4) is 0 Å². The molecule has 1 atom stereocenters. The summed E-state index contributed by atoms with van der Waals surface area (Å²) in [5, 5.41) is 0. The predicted molar refractivity (Wildman–Crippen MR) is 61.6 cm³/mol. The average Bonchev–Trinajstić information content (AvgIpc) is 2.27. The molecule has 0 spiro atoms. The molecule has 1 fully saturated rings. The molecule has 0 bridgehead atoms. The van der Waals surface area contributed by atoms with Gasteiger partial charge in [-0.25, -0.2) is 0 Å². The van der Waals surface area contributed by atoms with E-state index in [1.807, 2.05) is 6.92 Å². The number of carbonyl (C=O) groups excluding carboxylic acids is 1. The molecular weight excluding hydrogens is 188 g/mol. The van der Waals surface area contributed by atoms with Crippen LogP contribution in [0.15, 0.2) is 0 Å². The molecule has 0 aromatic carbocycles. The lowest BCUT2D eigenvalue weighted by Crippen LogP contribution is -2.17. The van der Waals surface area contributed by atoms with Gasteiger partial charge < -0.3 is 4.74 Å². The highest BCUT2D eigenvalue weighted by Gasteiger charge is 2.20. The van der Waals surface area contributed by atoms with E-state index in [2.05, 4.69) is 6.92 Å². The largest absolute Gasteiger partial charge is 0.466 e. The van der Waals surface area contributed by atoms with Crippen LogP contribution >= 0.6 is 0 Å². The minimum absolute atomic E-state index is 0.0276. The van der Waals surface area contributed by atoms with Crippen molar-refractivity contribution in [2.45, 2.75) is 58.8 Å². The van der Waals surface area contributed by atoms with Gasteiger partial charge in [-0.3, -0.25) is 4.79 Å². The van der Waals surface area contributed by atoms with E-state index in [-0.39, 0.29) is 5.97 Å². The molecule has 0 aliphatic heterocycles. The van der Waals surface area contributed by atoms with E-state index in [1.165, 1.54) is 32.1 Å². The summed E-state index contributed by atoms with van der Waals surface area (Å²) in [5.74, 6) is 1.52. The minimum Gasteiger partial charge on any atom is -0.466 e. The van der Waals surface area contributed by atoms with Crippen LogP contribution in [-0.2, 0) is 9.53 Å². The van der Waals surface area contributed by atoms with Gasteiger partial charge in [-0.2, -0.15) is 0 Å². The third kappa shape index (κ3) is 4.67. The molecule has 2 heteroatoms. The summed E-state index contributed by atoms with van der Waals surface area (Å²) in [5.41, 5.74) is 0. The first-order chi connectivity index (χ1) is 7.24. The second-order valence-electron chi connectivity index (χ2n) is 4.72. The molecule has 88 valence electrons. The van der Waals surface area contributed by atoms with Gasteiger partial charge in [0.15, 0.2) is 0 Å². The number of esters is 1. The highest BCUT2D eigenvalue weighted by molar-refractivity contribution is 5.69. The van der Waals surface area contributed by atoms with Crippen molar-refractivity contribution in [2.24, 2.45) is 11.8 Å². The second kappa shape index (κ2) is 6.86. The SMILES string of the molecule is CCOC(=O)CC[C@H](C)C1CCCCC1. The van der Waals surface area contributed by atoms with Gasteiger partial charge in [0, 0.05) is 6.42 Å². The Morgan fingerprint density at radius 2 is 2.00 bits per heavy atom. The zero-order valence-corrected chi connectivity index (χ0v) is 10.1. The molecule has 0 aromatic heterocycles. The molecule has 1 saturated carbocycles. The molecule has 1 rings (SSSR count). The maximum atomic E-state index is 11.2. The third-order valence-electron chi connectivity index (χ3n) is 3.56. The van der Waals surface area contributed by atoms with E-state index in [0.717, 1.165) is 12.3 Å². The molecule has 0 saturated heterocycles.